The molecule has 2 aromatic rings. The molecule has 3 rings (SSSR count). The molecule has 0 fully saturated rings. The van der Waals surface area contributed by atoms with Gasteiger partial charge in [-0.15, -0.1) is 0 Å². The van der Waals surface area contributed by atoms with Gasteiger partial charge in [-0.2, -0.15) is 0 Å². The van der Waals surface area contributed by atoms with Gasteiger partial charge in [0.15, 0.2) is 0 Å². The van der Waals surface area contributed by atoms with E-state index in [4.69, 9.17) is 16.3 Å². The predicted molar refractivity (Wildman–Crippen MR) is 90.0 cm³/mol. The minimum atomic E-state index is -0.319. The molecule has 1 aliphatic rings. The Morgan fingerprint density at radius 3 is 2.92 bits per heavy atom. The Kier molecular flexibility index (Phi) is 4.92. The number of aromatic nitrogens is 3. The maximum Gasteiger partial charge on any atom is 0.242 e. The molecule has 24 heavy (non-hydrogen) atoms. The normalized spacial score (nSPS) is 15.5. The fraction of sp³-hybridized carbons (Fsp3) is 0.375. The predicted octanol–water partition coefficient (Wildman–Crippen LogP) is 1.92. The van der Waals surface area contributed by atoms with E-state index in [9.17, 15) is 4.79 Å². The third-order valence-electron chi connectivity index (χ3n) is 4.09. The van der Waals surface area contributed by atoms with Gasteiger partial charge < -0.3 is 10.1 Å². The second-order valence-electron chi connectivity index (χ2n) is 5.56. The Hall–Kier alpha value is -2.25. The van der Waals surface area contributed by atoms with Crippen LogP contribution in [0.3, 0.4) is 0 Å². The Balaban J connectivity index is 1.70. The van der Waals surface area contributed by atoms with Crippen molar-refractivity contribution >= 4 is 23.3 Å². The molecule has 8 heteroatoms. The molecule has 3 heterocycles. The highest BCUT2D eigenvalue weighted by atomic mass is 35.5. The van der Waals surface area contributed by atoms with Crippen molar-refractivity contribution in [2.45, 2.75) is 25.9 Å². The summed E-state index contributed by atoms with van der Waals surface area (Å²) in [6.45, 7) is 3.18. The van der Waals surface area contributed by atoms with Gasteiger partial charge in [-0.25, -0.2) is 15.0 Å². The first-order chi connectivity index (χ1) is 11.6. The van der Waals surface area contributed by atoms with Gasteiger partial charge in [-0.1, -0.05) is 11.6 Å². The van der Waals surface area contributed by atoms with Gasteiger partial charge in [-0.3, -0.25) is 9.69 Å². The van der Waals surface area contributed by atoms with Crippen LogP contribution in [-0.4, -0.2) is 45.5 Å². The maximum absolute atomic E-state index is 12.5. The van der Waals surface area contributed by atoms with Gasteiger partial charge in [0, 0.05) is 31.3 Å². The molecule has 0 aromatic carbocycles. The molecule has 7 nitrogen and oxygen atoms in total. The number of nitrogens with one attached hydrogen (secondary N) is 1. The van der Waals surface area contributed by atoms with Crippen LogP contribution in [0.25, 0.3) is 0 Å². The van der Waals surface area contributed by atoms with Crippen LogP contribution < -0.4 is 10.1 Å². The maximum atomic E-state index is 12.5. The fourth-order valence-electron chi connectivity index (χ4n) is 2.69. The van der Waals surface area contributed by atoms with Crippen LogP contribution in [0, 0.1) is 0 Å². The van der Waals surface area contributed by atoms with Crippen molar-refractivity contribution in [3.8, 4) is 5.88 Å². The van der Waals surface area contributed by atoms with Crippen LogP contribution in [0.15, 0.2) is 24.7 Å². The molecule has 0 bridgehead atoms. The van der Waals surface area contributed by atoms with Crippen LogP contribution >= 0.6 is 11.6 Å². The van der Waals surface area contributed by atoms with Crippen molar-refractivity contribution in [1.29, 1.82) is 0 Å². The van der Waals surface area contributed by atoms with Crippen molar-refractivity contribution in [2.24, 2.45) is 0 Å². The van der Waals surface area contributed by atoms with Crippen LogP contribution in [0.2, 0.25) is 5.02 Å². The molecular formula is C16H18ClN5O2. The average Bonchev–Trinajstić information content (AvgIpc) is 2.62. The van der Waals surface area contributed by atoms with Gasteiger partial charge in [0.05, 0.1) is 23.9 Å². The van der Waals surface area contributed by atoms with Crippen LogP contribution in [0.1, 0.15) is 18.2 Å². The standard InChI is InChI=1S/C16H18ClN5O2/c1-10(15(23)21-14-4-3-11(17)7-18-14)22-6-5-13-12(8-22)16(24-2)20-9-19-13/h3-4,7,9-10H,5-6,8H2,1-2H3,(H,18,21,23)/t10-/m0/s1. The summed E-state index contributed by atoms with van der Waals surface area (Å²) in [7, 11) is 1.59. The Labute approximate surface area is 145 Å². The second kappa shape index (κ2) is 7.11. The summed E-state index contributed by atoms with van der Waals surface area (Å²) in [5.41, 5.74) is 1.92. The summed E-state index contributed by atoms with van der Waals surface area (Å²) < 4.78 is 5.31. The highest BCUT2D eigenvalue weighted by Crippen LogP contribution is 2.25. The average molecular weight is 348 g/mol. The summed E-state index contributed by atoms with van der Waals surface area (Å²) in [5, 5.41) is 3.33. The number of halogens is 1. The molecule has 0 saturated heterocycles. The number of anilines is 1. The zero-order chi connectivity index (χ0) is 17.1. The third-order valence-corrected chi connectivity index (χ3v) is 4.31. The minimum absolute atomic E-state index is 0.121. The van der Waals surface area contributed by atoms with E-state index in [0.29, 0.717) is 23.3 Å². The summed E-state index contributed by atoms with van der Waals surface area (Å²) in [5.74, 6) is 0.926. The number of pyridine rings is 1. The number of carbonyl (C=O) groups is 1. The van der Waals surface area contributed by atoms with E-state index < -0.39 is 0 Å². The lowest BCUT2D eigenvalue weighted by Gasteiger charge is -2.32. The number of ether oxygens (including phenoxy) is 1. The fourth-order valence-corrected chi connectivity index (χ4v) is 2.80. The molecular weight excluding hydrogens is 330 g/mol. The molecule has 2 aromatic heterocycles. The zero-order valence-corrected chi connectivity index (χ0v) is 14.2. The molecule has 1 aliphatic heterocycles. The molecule has 126 valence electrons. The van der Waals surface area contributed by atoms with E-state index in [1.165, 1.54) is 12.5 Å². The van der Waals surface area contributed by atoms with Crippen LogP contribution in [0.4, 0.5) is 5.82 Å². The molecule has 0 saturated carbocycles. The number of nitrogens with zero attached hydrogens (tertiary/aromatic N) is 4. The molecule has 1 atom stereocenters. The van der Waals surface area contributed by atoms with E-state index in [0.717, 1.165) is 24.2 Å². The van der Waals surface area contributed by atoms with Gasteiger partial charge in [-0.05, 0) is 19.1 Å². The number of hydrogen-bond acceptors (Lipinski definition) is 6. The number of fused-ring (bicyclic) bond motifs is 1. The van der Waals surface area contributed by atoms with Gasteiger partial charge in [0.25, 0.3) is 0 Å². The highest BCUT2D eigenvalue weighted by Gasteiger charge is 2.28. The van der Waals surface area contributed by atoms with Crippen LogP contribution in [0.5, 0.6) is 5.88 Å². The van der Waals surface area contributed by atoms with Crippen LogP contribution in [-0.2, 0) is 17.8 Å². The molecule has 1 amide bonds. The van der Waals surface area contributed by atoms with Gasteiger partial charge in [0.2, 0.25) is 11.8 Å². The van der Waals surface area contributed by atoms with Crippen molar-refractivity contribution in [1.82, 2.24) is 19.9 Å². The number of rotatable bonds is 4. The summed E-state index contributed by atoms with van der Waals surface area (Å²) >= 11 is 5.80. The summed E-state index contributed by atoms with van der Waals surface area (Å²) in [6.07, 6.45) is 3.77. The van der Waals surface area contributed by atoms with E-state index in [2.05, 4.69) is 25.2 Å². The Morgan fingerprint density at radius 1 is 1.38 bits per heavy atom. The quantitative estimate of drug-likeness (QED) is 0.910. The molecule has 1 N–H and O–H groups in total. The first-order valence-corrected chi connectivity index (χ1v) is 7.99. The minimum Gasteiger partial charge on any atom is -0.481 e. The monoisotopic (exact) mass is 347 g/mol. The molecule has 0 spiro atoms. The summed E-state index contributed by atoms with van der Waals surface area (Å²) in [4.78, 5) is 27.1. The van der Waals surface area contributed by atoms with Gasteiger partial charge in [0.1, 0.15) is 12.1 Å². The number of hydrogen-bond donors (Lipinski definition) is 1. The van der Waals surface area contributed by atoms with Crippen molar-refractivity contribution < 1.29 is 9.53 Å². The number of methoxy groups -OCH3 is 1. The largest absolute Gasteiger partial charge is 0.481 e. The lowest BCUT2D eigenvalue weighted by molar-refractivity contribution is -0.121. The second-order valence-corrected chi connectivity index (χ2v) is 5.99. The number of amides is 1. The smallest absolute Gasteiger partial charge is 0.242 e. The lowest BCUT2D eigenvalue weighted by atomic mass is 10.0. The topological polar surface area (TPSA) is 80.2 Å². The zero-order valence-electron chi connectivity index (χ0n) is 13.5. The SMILES string of the molecule is COc1ncnc2c1CN([C@@H](C)C(=O)Nc1ccc(Cl)cn1)CC2. The van der Waals surface area contributed by atoms with E-state index in [-0.39, 0.29) is 11.9 Å². The van der Waals surface area contributed by atoms with Crippen molar-refractivity contribution in [2.75, 3.05) is 19.0 Å². The van der Waals surface area contributed by atoms with Crippen molar-refractivity contribution in [3.05, 3.63) is 40.9 Å². The first-order valence-electron chi connectivity index (χ1n) is 7.61. The Morgan fingerprint density at radius 2 is 2.21 bits per heavy atom. The first kappa shape index (κ1) is 16.6. The molecule has 0 radical (unpaired) electrons. The van der Waals surface area contributed by atoms with E-state index in [1.807, 2.05) is 6.92 Å². The summed E-state index contributed by atoms with van der Waals surface area (Å²) in [6, 6.07) is 3.05. The van der Waals surface area contributed by atoms with E-state index >= 15 is 0 Å². The third kappa shape index (κ3) is 3.47. The highest BCUT2D eigenvalue weighted by molar-refractivity contribution is 6.30. The lowest BCUT2D eigenvalue weighted by Crippen LogP contribution is -2.45. The van der Waals surface area contributed by atoms with Gasteiger partial charge >= 0.3 is 0 Å². The molecule has 0 aliphatic carbocycles. The molecule has 0 unspecified atom stereocenters. The van der Waals surface area contributed by atoms with E-state index in [1.54, 1.807) is 19.2 Å². The number of carbonyl (C=O) groups excluding carboxylic acids is 1. The van der Waals surface area contributed by atoms with Crippen molar-refractivity contribution in [3.63, 3.8) is 0 Å². The Bertz CT molecular complexity index is 723.